The van der Waals surface area contributed by atoms with Crippen molar-refractivity contribution in [3.63, 3.8) is 0 Å². The maximum atomic E-state index is 10.4. The Morgan fingerprint density at radius 1 is 1.21 bits per heavy atom. The normalized spacial score (nSPS) is 21.2. The Bertz CT molecular complexity index is 360. The van der Waals surface area contributed by atoms with Crippen molar-refractivity contribution in [3.05, 3.63) is 35.9 Å². The Hall–Kier alpha value is -0.900. The van der Waals surface area contributed by atoms with Crippen molar-refractivity contribution >= 4 is 0 Å². The zero-order valence-corrected chi connectivity index (χ0v) is 11.7. The molecule has 0 bridgehead atoms. The SMILES string of the molecule is CC(CN1CCC(CO)CC1)C(O)c1ccccc1. The Morgan fingerprint density at radius 2 is 1.84 bits per heavy atom. The van der Waals surface area contributed by atoms with Crippen LogP contribution in [0.1, 0.15) is 31.4 Å². The summed E-state index contributed by atoms with van der Waals surface area (Å²) in [4.78, 5) is 2.41. The summed E-state index contributed by atoms with van der Waals surface area (Å²) in [5.41, 5.74) is 1.00. The van der Waals surface area contributed by atoms with Gasteiger partial charge in [-0.1, -0.05) is 37.3 Å². The van der Waals surface area contributed by atoms with Crippen LogP contribution in [0.15, 0.2) is 30.3 Å². The predicted octanol–water partition coefficient (Wildman–Crippen LogP) is 2.06. The van der Waals surface area contributed by atoms with Gasteiger partial charge in [-0.2, -0.15) is 0 Å². The van der Waals surface area contributed by atoms with Gasteiger partial charge >= 0.3 is 0 Å². The van der Waals surface area contributed by atoms with Crippen LogP contribution >= 0.6 is 0 Å². The van der Waals surface area contributed by atoms with Crippen LogP contribution in [-0.4, -0.2) is 41.4 Å². The summed E-state index contributed by atoms with van der Waals surface area (Å²) in [5, 5.41) is 19.5. The monoisotopic (exact) mass is 263 g/mol. The molecule has 2 unspecified atom stereocenters. The Labute approximate surface area is 115 Å². The number of nitrogens with zero attached hydrogens (tertiary/aromatic N) is 1. The van der Waals surface area contributed by atoms with Crippen molar-refractivity contribution in [2.45, 2.75) is 25.9 Å². The molecule has 1 saturated heterocycles. The van der Waals surface area contributed by atoms with Gasteiger partial charge in [0, 0.05) is 13.2 Å². The van der Waals surface area contributed by atoms with E-state index in [1.807, 2.05) is 30.3 Å². The third kappa shape index (κ3) is 4.03. The van der Waals surface area contributed by atoms with Crippen LogP contribution in [0.25, 0.3) is 0 Å². The average molecular weight is 263 g/mol. The lowest BCUT2D eigenvalue weighted by molar-refractivity contribution is 0.0674. The van der Waals surface area contributed by atoms with Gasteiger partial charge in [-0.05, 0) is 43.3 Å². The van der Waals surface area contributed by atoms with Crippen molar-refractivity contribution < 1.29 is 10.2 Å². The highest BCUT2D eigenvalue weighted by Gasteiger charge is 2.23. The van der Waals surface area contributed by atoms with Crippen molar-refractivity contribution in [1.82, 2.24) is 4.90 Å². The third-order valence-electron chi connectivity index (χ3n) is 4.19. The quantitative estimate of drug-likeness (QED) is 0.854. The van der Waals surface area contributed by atoms with E-state index in [0.717, 1.165) is 38.0 Å². The van der Waals surface area contributed by atoms with E-state index in [0.29, 0.717) is 12.5 Å². The fraction of sp³-hybridized carbons (Fsp3) is 0.625. The van der Waals surface area contributed by atoms with Gasteiger partial charge < -0.3 is 15.1 Å². The average Bonchev–Trinajstić information content (AvgIpc) is 2.48. The van der Waals surface area contributed by atoms with Gasteiger partial charge in [-0.25, -0.2) is 0 Å². The van der Waals surface area contributed by atoms with Crippen LogP contribution in [-0.2, 0) is 0 Å². The maximum Gasteiger partial charge on any atom is 0.0827 e. The van der Waals surface area contributed by atoms with E-state index in [9.17, 15) is 5.11 Å². The molecular weight excluding hydrogens is 238 g/mol. The number of aliphatic hydroxyl groups excluding tert-OH is 2. The van der Waals surface area contributed by atoms with Crippen LogP contribution in [0.3, 0.4) is 0 Å². The summed E-state index contributed by atoms with van der Waals surface area (Å²) in [7, 11) is 0. The molecule has 1 fully saturated rings. The highest BCUT2D eigenvalue weighted by molar-refractivity contribution is 5.17. The molecule has 2 atom stereocenters. The topological polar surface area (TPSA) is 43.7 Å². The van der Waals surface area contributed by atoms with Gasteiger partial charge in [0.1, 0.15) is 0 Å². The van der Waals surface area contributed by atoms with Crippen molar-refractivity contribution in [3.8, 4) is 0 Å². The number of rotatable bonds is 5. The van der Waals surface area contributed by atoms with E-state index >= 15 is 0 Å². The second-order valence-electron chi connectivity index (χ2n) is 5.76. The molecule has 0 aliphatic carbocycles. The minimum atomic E-state index is -0.392. The fourth-order valence-corrected chi connectivity index (χ4v) is 2.84. The summed E-state index contributed by atoms with van der Waals surface area (Å²) in [6.07, 6.45) is 1.76. The van der Waals surface area contributed by atoms with Crippen molar-refractivity contribution in [2.24, 2.45) is 11.8 Å². The predicted molar refractivity (Wildman–Crippen MR) is 76.8 cm³/mol. The molecule has 0 aromatic heterocycles. The molecule has 0 radical (unpaired) electrons. The summed E-state index contributed by atoms with van der Waals surface area (Å²) in [5.74, 6) is 0.707. The smallest absolute Gasteiger partial charge is 0.0827 e. The molecule has 2 rings (SSSR count). The fourth-order valence-electron chi connectivity index (χ4n) is 2.84. The van der Waals surface area contributed by atoms with Crippen LogP contribution in [0.5, 0.6) is 0 Å². The van der Waals surface area contributed by atoms with Crippen LogP contribution in [0.4, 0.5) is 0 Å². The molecular formula is C16H25NO2. The lowest BCUT2D eigenvalue weighted by atomic mass is 9.94. The van der Waals surface area contributed by atoms with E-state index < -0.39 is 6.10 Å². The number of benzene rings is 1. The zero-order valence-electron chi connectivity index (χ0n) is 11.7. The molecule has 0 spiro atoms. The van der Waals surface area contributed by atoms with E-state index in [4.69, 9.17) is 5.11 Å². The molecule has 0 saturated carbocycles. The number of hydrogen-bond donors (Lipinski definition) is 2. The minimum absolute atomic E-state index is 0.230. The van der Waals surface area contributed by atoms with Crippen molar-refractivity contribution in [2.75, 3.05) is 26.2 Å². The van der Waals surface area contributed by atoms with E-state index in [-0.39, 0.29) is 5.92 Å². The molecule has 1 aliphatic heterocycles. The number of aliphatic hydroxyl groups is 2. The first-order valence-corrected chi connectivity index (χ1v) is 7.27. The van der Waals surface area contributed by atoms with Crippen LogP contribution in [0.2, 0.25) is 0 Å². The molecule has 1 heterocycles. The standard InChI is InChI=1S/C16H25NO2/c1-13(16(19)15-5-3-2-4-6-15)11-17-9-7-14(12-18)8-10-17/h2-6,13-14,16,18-19H,7-12H2,1H3. The maximum absolute atomic E-state index is 10.4. The molecule has 3 heteroatoms. The number of likely N-dealkylation sites (tertiary alicyclic amines) is 1. The van der Waals surface area contributed by atoms with Gasteiger partial charge in [-0.15, -0.1) is 0 Å². The first-order valence-electron chi connectivity index (χ1n) is 7.27. The van der Waals surface area contributed by atoms with Crippen LogP contribution in [0, 0.1) is 11.8 Å². The lowest BCUT2D eigenvalue weighted by Crippen LogP contribution is -2.38. The molecule has 2 N–H and O–H groups in total. The molecule has 19 heavy (non-hydrogen) atoms. The molecule has 1 aromatic carbocycles. The van der Waals surface area contributed by atoms with Gasteiger partial charge in [-0.3, -0.25) is 0 Å². The first-order chi connectivity index (χ1) is 9.20. The second kappa shape index (κ2) is 7.04. The van der Waals surface area contributed by atoms with E-state index in [1.165, 1.54) is 0 Å². The second-order valence-corrected chi connectivity index (χ2v) is 5.76. The summed E-state index contributed by atoms with van der Waals surface area (Å²) in [6, 6.07) is 9.88. The summed E-state index contributed by atoms with van der Waals surface area (Å²) < 4.78 is 0. The third-order valence-corrected chi connectivity index (χ3v) is 4.19. The number of piperidine rings is 1. The highest BCUT2D eigenvalue weighted by Crippen LogP contribution is 2.24. The zero-order chi connectivity index (χ0) is 13.7. The summed E-state index contributed by atoms with van der Waals surface area (Å²) in [6.45, 7) is 5.42. The highest BCUT2D eigenvalue weighted by atomic mass is 16.3. The summed E-state index contributed by atoms with van der Waals surface area (Å²) >= 11 is 0. The molecule has 0 amide bonds. The Kier molecular flexibility index (Phi) is 5.37. The Balaban J connectivity index is 1.83. The van der Waals surface area contributed by atoms with Crippen LogP contribution < -0.4 is 0 Å². The van der Waals surface area contributed by atoms with Gasteiger partial charge in [0.2, 0.25) is 0 Å². The molecule has 1 aromatic rings. The molecule has 3 nitrogen and oxygen atoms in total. The number of hydrogen-bond acceptors (Lipinski definition) is 3. The first kappa shape index (κ1) is 14.5. The Morgan fingerprint density at radius 3 is 2.42 bits per heavy atom. The largest absolute Gasteiger partial charge is 0.396 e. The van der Waals surface area contributed by atoms with E-state index in [1.54, 1.807) is 0 Å². The lowest BCUT2D eigenvalue weighted by Gasteiger charge is -2.34. The van der Waals surface area contributed by atoms with Gasteiger partial charge in [0.25, 0.3) is 0 Å². The van der Waals surface area contributed by atoms with E-state index in [2.05, 4.69) is 11.8 Å². The minimum Gasteiger partial charge on any atom is -0.396 e. The van der Waals surface area contributed by atoms with Gasteiger partial charge in [0.05, 0.1) is 6.10 Å². The molecule has 1 aliphatic rings. The van der Waals surface area contributed by atoms with Gasteiger partial charge in [0.15, 0.2) is 0 Å². The van der Waals surface area contributed by atoms with Crippen molar-refractivity contribution in [1.29, 1.82) is 0 Å². The molecule has 106 valence electrons.